The molecule has 6 nitrogen and oxygen atoms in total. The number of benzene rings is 2. The third kappa shape index (κ3) is 5.54. The van der Waals surface area contributed by atoms with Crippen LogP contribution in [0.1, 0.15) is 12.5 Å². The minimum Gasteiger partial charge on any atom is -0.482 e. The summed E-state index contributed by atoms with van der Waals surface area (Å²) in [5, 5.41) is 12.2. The lowest BCUT2D eigenvalue weighted by Crippen LogP contribution is -2.30. The fraction of sp³-hybridized carbons (Fsp3) is 0.222. The summed E-state index contributed by atoms with van der Waals surface area (Å²) in [6, 6.07) is 9.59. The molecule has 0 saturated heterocycles. The van der Waals surface area contributed by atoms with E-state index >= 15 is 0 Å². The van der Waals surface area contributed by atoms with Crippen LogP contribution in [-0.2, 0) is 9.59 Å². The van der Waals surface area contributed by atoms with Crippen LogP contribution in [0.4, 0.5) is 5.69 Å². The number of amides is 1. The third-order valence-electron chi connectivity index (χ3n) is 3.38. The number of anilines is 1. The molecule has 0 fully saturated rings. The number of hydrogen-bond donors (Lipinski definition) is 2. The summed E-state index contributed by atoms with van der Waals surface area (Å²) >= 11 is 11.9. The molecule has 1 unspecified atom stereocenters. The maximum Gasteiger partial charge on any atom is 0.341 e. The lowest BCUT2D eigenvalue weighted by atomic mass is 10.2. The summed E-state index contributed by atoms with van der Waals surface area (Å²) in [5.74, 6) is -0.668. The van der Waals surface area contributed by atoms with Crippen LogP contribution in [-0.4, -0.2) is 29.7 Å². The van der Waals surface area contributed by atoms with Gasteiger partial charge in [-0.1, -0.05) is 23.2 Å². The Morgan fingerprint density at radius 3 is 2.54 bits per heavy atom. The Kier molecular flexibility index (Phi) is 6.71. The Bertz CT molecular complexity index is 825. The first kappa shape index (κ1) is 19.9. The molecule has 2 rings (SSSR count). The van der Waals surface area contributed by atoms with Gasteiger partial charge in [-0.2, -0.15) is 0 Å². The van der Waals surface area contributed by atoms with Crippen molar-refractivity contribution in [2.75, 3.05) is 11.9 Å². The second-order valence-electron chi connectivity index (χ2n) is 5.48. The molecule has 0 spiro atoms. The number of aryl methyl sites for hydroxylation is 1. The van der Waals surface area contributed by atoms with E-state index < -0.39 is 18.7 Å². The molecule has 2 N–H and O–H groups in total. The lowest BCUT2D eigenvalue weighted by molar-refractivity contribution is -0.139. The van der Waals surface area contributed by atoms with Gasteiger partial charge < -0.3 is 19.9 Å². The summed E-state index contributed by atoms with van der Waals surface area (Å²) in [4.78, 5) is 22.9. The molecule has 8 heteroatoms. The van der Waals surface area contributed by atoms with Gasteiger partial charge in [0.1, 0.15) is 11.5 Å². The van der Waals surface area contributed by atoms with Gasteiger partial charge in [0, 0.05) is 10.7 Å². The summed E-state index contributed by atoms with van der Waals surface area (Å²) in [6.45, 7) is 2.93. The molecule has 2 aromatic carbocycles. The summed E-state index contributed by atoms with van der Waals surface area (Å²) < 4.78 is 10.7. The molecule has 0 saturated carbocycles. The Hall–Kier alpha value is -2.44. The smallest absolute Gasteiger partial charge is 0.341 e. The average Bonchev–Trinajstić information content (AvgIpc) is 2.57. The highest BCUT2D eigenvalue weighted by Gasteiger charge is 2.17. The van der Waals surface area contributed by atoms with E-state index in [1.165, 1.54) is 6.07 Å². The SMILES string of the molecule is Cc1cc(OCC(=O)O)ccc1NC(=O)C(C)Oc1ccc(Cl)cc1Cl. The monoisotopic (exact) mass is 397 g/mol. The molecule has 0 aliphatic heterocycles. The molecule has 0 heterocycles. The Morgan fingerprint density at radius 1 is 1.19 bits per heavy atom. The van der Waals surface area contributed by atoms with Crippen molar-refractivity contribution in [2.45, 2.75) is 20.0 Å². The molecule has 0 aliphatic rings. The number of hydrogen-bond acceptors (Lipinski definition) is 4. The molecule has 0 aromatic heterocycles. The minimum atomic E-state index is -1.06. The summed E-state index contributed by atoms with van der Waals surface area (Å²) in [7, 11) is 0. The molecule has 138 valence electrons. The predicted octanol–water partition coefficient (Wildman–Crippen LogP) is 4.17. The Balaban J connectivity index is 2.00. The van der Waals surface area contributed by atoms with Crippen LogP contribution in [0.5, 0.6) is 11.5 Å². The van der Waals surface area contributed by atoms with E-state index in [1.54, 1.807) is 44.2 Å². The number of carbonyl (C=O) groups excluding carboxylic acids is 1. The van der Waals surface area contributed by atoms with E-state index in [2.05, 4.69) is 5.32 Å². The van der Waals surface area contributed by atoms with Crippen molar-refractivity contribution in [3.05, 3.63) is 52.0 Å². The number of carbonyl (C=O) groups is 2. The number of aliphatic carboxylic acids is 1. The molecule has 2 aromatic rings. The number of carboxylic acid groups (broad SMARTS) is 1. The fourth-order valence-corrected chi connectivity index (χ4v) is 2.51. The van der Waals surface area contributed by atoms with Crippen molar-refractivity contribution < 1.29 is 24.2 Å². The second kappa shape index (κ2) is 8.78. The maximum absolute atomic E-state index is 12.3. The van der Waals surface area contributed by atoms with Crippen LogP contribution in [0.25, 0.3) is 0 Å². The number of halogens is 2. The normalized spacial score (nSPS) is 11.5. The van der Waals surface area contributed by atoms with Crippen LogP contribution >= 0.6 is 23.2 Å². The largest absolute Gasteiger partial charge is 0.482 e. The molecule has 0 aliphatic carbocycles. The van der Waals surface area contributed by atoms with Gasteiger partial charge in [0.2, 0.25) is 0 Å². The highest BCUT2D eigenvalue weighted by atomic mass is 35.5. The molecule has 0 bridgehead atoms. The van der Waals surface area contributed by atoms with Gasteiger partial charge in [-0.3, -0.25) is 4.79 Å². The lowest BCUT2D eigenvalue weighted by Gasteiger charge is -2.17. The van der Waals surface area contributed by atoms with Crippen LogP contribution in [0.2, 0.25) is 10.0 Å². The molecular weight excluding hydrogens is 381 g/mol. The third-order valence-corrected chi connectivity index (χ3v) is 3.92. The van der Waals surface area contributed by atoms with E-state index in [0.717, 1.165) is 5.56 Å². The zero-order chi connectivity index (χ0) is 19.3. The average molecular weight is 398 g/mol. The molecule has 0 radical (unpaired) electrons. The highest BCUT2D eigenvalue weighted by Crippen LogP contribution is 2.28. The second-order valence-corrected chi connectivity index (χ2v) is 6.33. The number of carboxylic acids is 1. The Labute approximate surface area is 160 Å². The number of rotatable bonds is 7. The highest BCUT2D eigenvalue weighted by molar-refractivity contribution is 6.35. The van der Waals surface area contributed by atoms with E-state index in [0.29, 0.717) is 27.2 Å². The molecule has 1 amide bonds. The number of nitrogens with one attached hydrogen (secondary N) is 1. The van der Waals surface area contributed by atoms with Crippen LogP contribution in [0, 0.1) is 6.92 Å². The van der Waals surface area contributed by atoms with Gasteiger partial charge in [-0.15, -0.1) is 0 Å². The molecular formula is C18H17Cl2NO5. The minimum absolute atomic E-state index is 0.313. The quantitative estimate of drug-likeness (QED) is 0.731. The summed E-state index contributed by atoms with van der Waals surface area (Å²) in [6.07, 6.45) is -0.795. The maximum atomic E-state index is 12.3. The van der Waals surface area contributed by atoms with E-state index in [4.69, 9.17) is 37.8 Å². The van der Waals surface area contributed by atoms with Crippen molar-refractivity contribution in [3.8, 4) is 11.5 Å². The van der Waals surface area contributed by atoms with Crippen molar-refractivity contribution >= 4 is 40.8 Å². The van der Waals surface area contributed by atoms with Crippen molar-refractivity contribution in [2.24, 2.45) is 0 Å². The molecule has 1 atom stereocenters. The van der Waals surface area contributed by atoms with Gasteiger partial charge in [0.25, 0.3) is 5.91 Å². The molecule has 26 heavy (non-hydrogen) atoms. The van der Waals surface area contributed by atoms with E-state index in [9.17, 15) is 9.59 Å². The van der Waals surface area contributed by atoms with Gasteiger partial charge >= 0.3 is 5.97 Å². The summed E-state index contributed by atoms with van der Waals surface area (Å²) in [5.41, 5.74) is 1.29. The van der Waals surface area contributed by atoms with Crippen LogP contribution in [0.3, 0.4) is 0 Å². The first-order chi connectivity index (χ1) is 12.3. The van der Waals surface area contributed by atoms with Gasteiger partial charge in [0.15, 0.2) is 12.7 Å². The van der Waals surface area contributed by atoms with Gasteiger partial charge in [0.05, 0.1) is 5.02 Å². The van der Waals surface area contributed by atoms with Crippen molar-refractivity contribution in [3.63, 3.8) is 0 Å². The topological polar surface area (TPSA) is 84.9 Å². The standard InChI is InChI=1S/C18H17Cl2NO5/c1-10-7-13(25-9-17(22)23)4-5-15(10)21-18(24)11(2)26-16-6-3-12(19)8-14(16)20/h3-8,11H,9H2,1-2H3,(H,21,24)(H,22,23). The number of ether oxygens (including phenoxy) is 2. The van der Waals surface area contributed by atoms with E-state index in [-0.39, 0.29) is 5.91 Å². The zero-order valence-corrected chi connectivity index (χ0v) is 15.6. The Morgan fingerprint density at radius 2 is 1.92 bits per heavy atom. The zero-order valence-electron chi connectivity index (χ0n) is 14.1. The van der Waals surface area contributed by atoms with Crippen LogP contribution < -0.4 is 14.8 Å². The first-order valence-corrected chi connectivity index (χ1v) is 8.39. The van der Waals surface area contributed by atoms with Gasteiger partial charge in [-0.25, -0.2) is 4.79 Å². The van der Waals surface area contributed by atoms with Crippen molar-refractivity contribution in [1.82, 2.24) is 0 Å². The van der Waals surface area contributed by atoms with Gasteiger partial charge in [-0.05, 0) is 55.8 Å². The first-order valence-electron chi connectivity index (χ1n) is 7.64. The van der Waals surface area contributed by atoms with Crippen LogP contribution in [0.15, 0.2) is 36.4 Å². The fourth-order valence-electron chi connectivity index (χ4n) is 2.06. The van der Waals surface area contributed by atoms with Crippen molar-refractivity contribution in [1.29, 1.82) is 0 Å². The predicted molar refractivity (Wildman–Crippen MR) is 99.5 cm³/mol. The van der Waals surface area contributed by atoms with E-state index in [1.807, 2.05) is 0 Å².